The van der Waals surface area contributed by atoms with Crippen LogP contribution in [0.4, 0.5) is 5.69 Å². The van der Waals surface area contributed by atoms with Crippen LogP contribution < -0.4 is 4.90 Å². The highest BCUT2D eigenvalue weighted by atomic mass is 16.5. The molecule has 134 valence electrons. The molecule has 0 amide bonds. The maximum absolute atomic E-state index is 10.1. The van der Waals surface area contributed by atoms with E-state index in [1.165, 1.54) is 17.7 Å². The predicted octanol–water partition coefficient (Wildman–Crippen LogP) is 2.89. The van der Waals surface area contributed by atoms with Crippen molar-refractivity contribution < 1.29 is 9.84 Å². The van der Waals surface area contributed by atoms with E-state index in [0.29, 0.717) is 5.92 Å². The van der Waals surface area contributed by atoms with Gasteiger partial charge in [0.25, 0.3) is 0 Å². The van der Waals surface area contributed by atoms with Gasteiger partial charge in [-0.15, -0.1) is 0 Å². The van der Waals surface area contributed by atoms with E-state index in [1.54, 1.807) is 0 Å². The van der Waals surface area contributed by atoms with Crippen LogP contribution in [-0.2, 0) is 11.3 Å². The Hall–Kier alpha value is -1.10. The zero-order chi connectivity index (χ0) is 17.1. The molecule has 1 aliphatic carbocycles. The molecule has 1 heterocycles. The van der Waals surface area contributed by atoms with Gasteiger partial charge in [0.2, 0.25) is 0 Å². The number of benzene rings is 1. The highest BCUT2D eigenvalue weighted by Crippen LogP contribution is 2.28. The maximum atomic E-state index is 10.1. The summed E-state index contributed by atoms with van der Waals surface area (Å²) in [5.41, 5.74) is 2.70. The molecule has 0 bridgehead atoms. The lowest BCUT2D eigenvalue weighted by Crippen LogP contribution is -2.46. The van der Waals surface area contributed by atoms with Gasteiger partial charge < -0.3 is 19.6 Å². The number of anilines is 1. The monoisotopic (exact) mass is 332 g/mol. The van der Waals surface area contributed by atoms with E-state index in [0.717, 1.165) is 39.0 Å². The van der Waals surface area contributed by atoms with Gasteiger partial charge in [0.1, 0.15) is 0 Å². The molecule has 0 aromatic heterocycles. The lowest BCUT2D eigenvalue weighted by atomic mass is 10.0. The van der Waals surface area contributed by atoms with Gasteiger partial charge in [-0.2, -0.15) is 0 Å². The minimum atomic E-state index is -0.108. The summed E-state index contributed by atoms with van der Waals surface area (Å²) in [7, 11) is 2.17. The van der Waals surface area contributed by atoms with Gasteiger partial charge in [-0.05, 0) is 51.3 Å². The zero-order valence-corrected chi connectivity index (χ0v) is 15.3. The van der Waals surface area contributed by atoms with E-state index in [4.69, 9.17) is 4.74 Å². The van der Waals surface area contributed by atoms with Crippen LogP contribution >= 0.6 is 0 Å². The zero-order valence-electron chi connectivity index (χ0n) is 15.3. The summed E-state index contributed by atoms with van der Waals surface area (Å²) in [4.78, 5) is 4.83. The molecule has 2 aliphatic rings. The first-order chi connectivity index (χ1) is 11.5. The van der Waals surface area contributed by atoms with Crippen LogP contribution in [-0.4, -0.2) is 55.0 Å². The Labute approximate surface area is 146 Å². The fraction of sp³-hybridized carbons (Fsp3) is 0.700. The average Bonchev–Trinajstić information content (AvgIpc) is 2.92. The summed E-state index contributed by atoms with van der Waals surface area (Å²) < 4.78 is 5.88. The van der Waals surface area contributed by atoms with Gasteiger partial charge in [-0.3, -0.25) is 0 Å². The standard InChI is InChI=1S/C20H32N2O2/c1-15-11-22(12-16(2)24-15)19-9-5-4-7-17(19)13-21(3)14-18-8-6-10-20(18)23/h4-5,7,9,15-16,18,20,23H,6,8,10-14H2,1-3H3. The molecule has 2 fully saturated rings. The second-order valence-electron chi connectivity index (χ2n) is 7.75. The van der Waals surface area contributed by atoms with Gasteiger partial charge in [0.15, 0.2) is 0 Å². The van der Waals surface area contributed by atoms with E-state index in [1.807, 2.05) is 0 Å². The minimum absolute atomic E-state index is 0.108. The van der Waals surface area contributed by atoms with Gasteiger partial charge in [-0.1, -0.05) is 24.6 Å². The number of para-hydroxylation sites is 1. The number of nitrogens with zero attached hydrogens (tertiary/aromatic N) is 2. The molecule has 4 atom stereocenters. The van der Waals surface area contributed by atoms with Crippen molar-refractivity contribution >= 4 is 5.69 Å². The van der Waals surface area contributed by atoms with Crippen LogP contribution in [0.15, 0.2) is 24.3 Å². The molecule has 3 rings (SSSR count). The van der Waals surface area contributed by atoms with Crippen LogP contribution in [0, 0.1) is 5.92 Å². The number of hydrogen-bond acceptors (Lipinski definition) is 4. The number of aliphatic hydroxyl groups is 1. The highest BCUT2D eigenvalue weighted by Gasteiger charge is 2.27. The highest BCUT2D eigenvalue weighted by molar-refractivity contribution is 5.54. The Morgan fingerprint density at radius 1 is 1.17 bits per heavy atom. The number of ether oxygens (including phenoxy) is 1. The second kappa shape index (κ2) is 7.85. The van der Waals surface area contributed by atoms with E-state index < -0.39 is 0 Å². The molecular formula is C20H32N2O2. The van der Waals surface area contributed by atoms with Gasteiger partial charge in [-0.25, -0.2) is 0 Å². The fourth-order valence-corrected chi connectivity index (χ4v) is 4.31. The van der Waals surface area contributed by atoms with Crippen molar-refractivity contribution in [2.24, 2.45) is 5.92 Å². The van der Waals surface area contributed by atoms with Gasteiger partial charge in [0, 0.05) is 31.9 Å². The predicted molar refractivity (Wildman–Crippen MR) is 98.3 cm³/mol. The van der Waals surface area contributed by atoms with Crippen molar-refractivity contribution in [3.05, 3.63) is 29.8 Å². The number of morpholine rings is 1. The van der Waals surface area contributed by atoms with Crippen LogP contribution in [0.2, 0.25) is 0 Å². The van der Waals surface area contributed by atoms with Crippen molar-refractivity contribution in [2.75, 3.05) is 31.6 Å². The summed E-state index contributed by atoms with van der Waals surface area (Å²) in [5, 5.41) is 10.1. The molecule has 1 N–H and O–H groups in total. The molecule has 4 unspecified atom stereocenters. The summed E-state index contributed by atoms with van der Waals surface area (Å²) in [5.74, 6) is 0.436. The molecule has 4 nitrogen and oxygen atoms in total. The molecular weight excluding hydrogens is 300 g/mol. The molecule has 24 heavy (non-hydrogen) atoms. The lowest BCUT2D eigenvalue weighted by Gasteiger charge is -2.38. The van der Waals surface area contributed by atoms with Crippen molar-refractivity contribution in [2.45, 2.75) is 58.0 Å². The molecule has 1 aliphatic heterocycles. The van der Waals surface area contributed by atoms with Crippen molar-refractivity contribution in [1.82, 2.24) is 4.90 Å². The van der Waals surface area contributed by atoms with Gasteiger partial charge >= 0.3 is 0 Å². The summed E-state index contributed by atoms with van der Waals surface area (Å²) in [6.45, 7) is 8.11. The van der Waals surface area contributed by atoms with Crippen molar-refractivity contribution in [1.29, 1.82) is 0 Å². The summed E-state index contributed by atoms with van der Waals surface area (Å²) in [6, 6.07) is 8.73. The van der Waals surface area contributed by atoms with Crippen molar-refractivity contribution in [3.63, 3.8) is 0 Å². The first-order valence-corrected chi connectivity index (χ1v) is 9.38. The molecule has 0 radical (unpaired) electrons. The third-order valence-electron chi connectivity index (χ3n) is 5.36. The molecule has 0 spiro atoms. The first-order valence-electron chi connectivity index (χ1n) is 9.38. The topological polar surface area (TPSA) is 35.9 Å². The average molecular weight is 332 g/mol. The third-order valence-corrected chi connectivity index (χ3v) is 5.36. The van der Waals surface area contributed by atoms with Crippen LogP contribution in [0.1, 0.15) is 38.7 Å². The van der Waals surface area contributed by atoms with Crippen LogP contribution in [0.5, 0.6) is 0 Å². The normalized spacial score (nSPS) is 31.0. The summed E-state index contributed by atoms with van der Waals surface area (Å²) in [6.07, 6.45) is 3.73. The third kappa shape index (κ3) is 4.29. The second-order valence-corrected chi connectivity index (χ2v) is 7.75. The van der Waals surface area contributed by atoms with E-state index >= 15 is 0 Å². The summed E-state index contributed by atoms with van der Waals surface area (Å²) >= 11 is 0. The quantitative estimate of drug-likeness (QED) is 0.899. The molecule has 4 heteroatoms. The number of hydrogen-bond donors (Lipinski definition) is 1. The fourth-order valence-electron chi connectivity index (χ4n) is 4.31. The Kier molecular flexibility index (Phi) is 5.80. The van der Waals surface area contributed by atoms with Gasteiger partial charge in [0.05, 0.1) is 18.3 Å². The van der Waals surface area contributed by atoms with Crippen LogP contribution in [0.25, 0.3) is 0 Å². The molecule has 1 aromatic carbocycles. The number of rotatable bonds is 5. The van der Waals surface area contributed by atoms with E-state index in [9.17, 15) is 5.11 Å². The smallest absolute Gasteiger partial charge is 0.0726 e. The molecule has 1 saturated carbocycles. The SMILES string of the molecule is CC1CN(c2ccccc2CN(C)CC2CCCC2O)CC(C)O1. The minimum Gasteiger partial charge on any atom is -0.393 e. The van der Waals surface area contributed by atoms with Crippen LogP contribution in [0.3, 0.4) is 0 Å². The van der Waals surface area contributed by atoms with Crippen molar-refractivity contribution in [3.8, 4) is 0 Å². The largest absolute Gasteiger partial charge is 0.393 e. The van der Waals surface area contributed by atoms with E-state index in [2.05, 4.69) is 55.0 Å². The first kappa shape index (κ1) is 17.7. The Morgan fingerprint density at radius 2 is 1.88 bits per heavy atom. The molecule has 1 aromatic rings. The molecule has 1 saturated heterocycles. The maximum Gasteiger partial charge on any atom is 0.0726 e. The Balaban J connectivity index is 1.67. The Morgan fingerprint density at radius 3 is 2.54 bits per heavy atom. The Bertz CT molecular complexity index is 526. The number of aliphatic hydroxyl groups excluding tert-OH is 1. The lowest BCUT2D eigenvalue weighted by molar-refractivity contribution is -0.00529. The van der Waals surface area contributed by atoms with E-state index in [-0.39, 0.29) is 18.3 Å².